The van der Waals surface area contributed by atoms with Gasteiger partial charge in [-0.3, -0.25) is 4.79 Å². The van der Waals surface area contributed by atoms with E-state index in [1.165, 1.54) is 0 Å². The number of hydrogen-bond donors (Lipinski definition) is 1. The Kier molecular flexibility index (Phi) is 2.71. The van der Waals surface area contributed by atoms with Crippen LogP contribution in [0.15, 0.2) is 12.2 Å². The molecule has 0 amide bonds. The molecule has 2 aliphatic rings. The standard InChI is InChI=1S/C13H20O3/c1-9(14)4-5-11-12(2)6-10(15)7-13(11,3)16-8-12/h4-5,9,11,14H,6-8H2,1-3H3. The van der Waals surface area contributed by atoms with E-state index in [-0.39, 0.29) is 16.9 Å². The third-order valence-corrected chi connectivity index (χ3v) is 3.87. The van der Waals surface area contributed by atoms with Gasteiger partial charge in [0, 0.05) is 24.2 Å². The predicted octanol–water partition coefficient (Wildman–Crippen LogP) is 1.70. The van der Waals surface area contributed by atoms with Gasteiger partial charge in [-0.1, -0.05) is 19.1 Å². The van der Waals surface area contributed by atoms with E-state index in [1.54, 1.807) is 13.0 Å². The molecule has 3 nitrogen and oxygen atoms in total. The van der Waals surface area contributed by atoms with Crippen molar-refractivity contribution in [1.82, 2.24) is 0 Å². The third-order valence-electron chi connectivity index (χ3n) is 3.87. The summed E-state index contributed by atoms with van der Waals surface area (Å²) in [7, 11) is 0. The Balaban J connectivity index is 2.27. The summed E-state index contributed by atoms with van der Waals surface area (Å²) in [6, 6.07) is 0. The molecule has 3 heteroatoms. The normalized spacial score (nSPS) is 45.2. The molecule has 0 aromatic carbocycles. The van der Waals surface area contributed by atoms with Gasteiger partial charge in [0.2, 0.25) is 0 Å². The molecule has 1 saturated heterocycles. The van der Waals surface area contributed by atoms with Crippen LogP contribution in [-0.4, -0.2) is 29.2 Å². The summed E-state index contributed by atoms with van der Waals surface area (Å²) in [4.78, 5) is 11.7. The van der Waals surface area contributed by atoms with Crippen LogP contribution >= 0.6 is 0 Å². The van der Waals surface area contributed by atoms with E-state index in [1.807, 2.05) is 13.0 Å². The van der Waals surface area contributed by atoms with Crippen LogP contribution in [0.4, 0.5) is 0 Å². The molecule has 1 heterocycles. The van der Waals surface area contributed by atoms with Crippen molar-refractivity contribution in [3.63, 3.8) is 0 Å². The van der Waals surface area contributed by atoms with Gasteiger partial charge in [-0.25, -0.2) is 0 Å². The van der Waals surface area contributed by atoms with Crippen molar-refractivity contribution in [2.75, 3.05) is 6.61 Å². The Bertz CT molecular complexity index is 312. The first kappa shape index (κ1) is 11.8. The van der Waals surface area contributed by atoms with Crippen molar-refractivity contribution in [1.29, 1.82) is 0 Å². The van der Waals surface area contributed by atoms with Crippen molar-refractivity contribution in [3.05, 3.63) is 12.2 Å². The fourth-order valence-corrected chi connectivity index (χ4v) is 3.18. The van der Waals surface area contributed by atoms with Gasteiger partial charge in [-0.15, -0.1) is 0 Å². The fourth-order valence-electron chi connectivity index (χ4n) is 3.18. The number of aliphatic hydroxyl groups is 1. The van der Waals surface area contributed by atoms with Crippen LogP contribution in [0, 0.1) is 11.3 Å². The zero-order valence-electron chi connectivity index (χ0n) is 10.2. The van der Waals surface area contributed by atoms with Gasteiger partial charge in [0.25, 0.3) is 0 Å². The lowest BCUT2D eigenvalue weighted by atomic mass is 9.63. The minimum atomic E-state index is -0.441. The molecule has 2 rings (SSSR count). The summed E-state index contributed by atoms with van der Waals surface area (Å²) in [5.74, 6) is 0.525. The third kappa shape index (κ3) is 1.82. The summed E-state index contributed by atoms with van der Waals surface area (Å²) in [5.41, 5.74) is -0.453. The molecule has 2 bridgehead atoms. The lowest BCUT2D eigenvalue weighted by Crippen LogP contribution is -2.44. The molecule has 1 aliphatic heterocycles. The minimum absolute atomic E-state index is 0.0878. The number of carbonyl (C=O) groups is 1. The van der Waals surface area contributed by atoms with Gasteiger partial charge in [-0.2, -0.15) is 0 Å². The van der Waals surface area contributed by atoms with Crippen LogP contribution in [0.3, 0.4) is 0 Å². The molecule has 0 spiro atoms. The SMILES string of the molecule is CC(O)C=CC1C2(C)COC1(C)CC(=O)C2. The fraction of sp³-hybridized carbons (Fsp3) is 0.769. The second kappa shape index (κ2) is 3.67. The van der Waals surface area contributed by atoms with Crippen molar-refractivity contribution >= 4 is 5.78 Å². The molecule has 1 N–H and O–H groups in total. The Morgan fingerprint density at radius 3 is 2.75 bits per heavy atom. The van der Waals surface area contributed by atoms with Gasteiger partial charge in [0.1, 0.15) is 5.78 Å². The van der Waals surface area contributed by atoms with E-state index >= 15 is 0 Å². The van der Waals surface area contributed by atoms with Gasteiger partial charge in [0.05, 0.1) is 18.3 Å². The molecular formula is C13H20O3. The van der Waals surface area contributed by atoms with Gasteiger partial charge in [-0.05, 0) is 13.8 Å². The van der Waals surface area contributed by atoms with Crippen LogP contribution in [0.25, 0.3) is 0 Å². The number of carbonyl (C=O) groups excluding carboxylic acids is 1. The minimum Gasteiger partial charge on any atom is -0.389 e. The number of ether oxygens (including phenoxy) is 1. The van der Waals surface area contributed by atoms with Crippen LogP contribution in [0.1, 0.15) is 33.6 Å². The summed E-state index contributed by atoms with van der Waals surface area (Å²) < 4.78 is 5.83. The Morgan fingerprint density at radius 2 is 2.19 bits per heavy atom. The Morgan fingerprint density at radius 1 is 1.50 bits per heavy atom. The lowest BCUT2D eigenvalue weighted by molar-refractivity contribution is -0.128. The highest BCUT2D eigenvalue weighted by Gasteiger charge is 2.57. The Hall–Kier alpha value is -0.670. The van der Waals surface area contributed by atoms with Crippen LogP contribution < -0.4 is 0 Å². The molecule has 0 aromatic rings. The van der Waals surface area contributed by atoms with E-state index in [0.717, 1.165) is 0 Å². The van der Waals surface area contributed by atoms with E-state index in [9.17, 15) is 9.90 Å². The van der Waals surface area contributed by atoms with Crippen molar-refractivity contribution in [3.8, 4) is 0 Å². The predicted molar refractivity (Wildman–Crippen MR) is 61.0 cm³/mol. The van der Waals surface area contributed by atoms with Crippen molar-refractivity contribution in [2.45, 2.75) is 45.3 Å². The number of fused-ring (bicyclic) bond motifs is 2. The van der Waals surface area contributed by atoms with Gasteiger partial charge < -0.3 is 9.84 Å². The first-order chi connectivity index (χ1) is 7.36. The number of hydrogen-bond acceptors (Lipinski definition) is 3. The molecule has 2 fully saturated rings. The maximum absolute atomic E-state index is 11.7. The maximum atomic E-state index is 11.7. The van der Waals surface area contributed by atoms with Crippen LogP contribution in [-0.2, 0) is 9.53 Å². The second-order valence-electron chi connectivity index (χ2n) is 5.75. The van der Waals surface area contributed by atoms with E-state index in [4.69, 9.17) is 4.74 Å². The zero-order chi connectivity index (χ0) is 12.0. The largest absolute Gasteiger partial charge is 0.389 e. The Labute approximate surface area is 96.5 Å². The lowest BCUT2D eigenvalue weighted by Gasteiger charge is -2.39. The molecule has 0 radical (unpaired) electrons. The quantitative estimate of drug-likeness (QED) is 0.726. The highest BCUT2D eigenvalue weighted by Crippen LogP contribution is 2.53. The molecular weight excluding hydrogens is 204 g/mol. The second-order valence-corrected chi connectivity index (χ2v) is 5.75. The van der Waals surface area contributed by atoms with Crippen LogP contribution in [0.2, 0.25) is 0 Å². The topological polar surface area (TPSA) is 46.5 Å². The number of Topliss-reactive ketones (excluding diaryl/α,β-unsaturated/α-hetero) is 1. The van der Waals surface area contributed by atoms with Crippen molar-refractivity contribution < 1.29 is 14.6 Å². The van der Waals surface area contributed by atoms with E-state index in [0.29, 0.717) is 25.2 Å². The first-order valence-electron chi connectivity index (χ1n) is 5.88. The molecule has 4 atom stereocenters. The average molecular weight is 224 g/mol. The first-order valence-corrected chi connectivity index (χ1v) is 5.88. The van der Waals surface area contributed by atoms with E-state index < -0.39 is 6.10 Å². The summed E-state index contributed by atoms with van der Waals surface area (Å²) >= 11 is 0. The number of aliphatic hydroxyl groups excluding tert-OH is 1. The molecule has 16 heavy (non-hydrogen) atoms. The molecule has 1 saturated carbocycles. The highest BCUT2D eigenvalue weighted by molar-refractivity contribution is 5.82. The van der Waals surface area contributed by atoms with E-state index in [2.05, 4.69) is 6.92 Å². The van der Waals surface area contributed by atoms with Crippen molar-refractivity contribution in [2.24, 2.45) is 11.3 Å². The summed E-state index contributed by atoms with van der Waals surface area (Å²) in [5, 5.41) is 9.30. The molecule has 0 aromatic heterocycles. The summed E-state index contributed by atoms with van der Waals surface area (Å²) in [6.45, 7) is 6.49. The smallest absolute Gasteiger partial charge is 0.136 e. The van der Waals surface area contributed by atoms with Gasteiger partial charge >= 0.3 is 0 Å². The van der Waals surface area contributed by atoms with Crippen LogP contribution in [0.5, 0.6) is 0 Å². The average Bonchev–Trinajstić information content (AvgIpc) is 2.27. The monoisotopic (exact) mass is 224 g/mol. The molecule has 4 unspecified atom stereocenters. The highest BCUT2D eigenvalue weighted by atomic mass is 16.5. The number of ketones is 1. The van der Waals surface area contributed by atoms with Gasteiger partial charge in [0.15, 0.2) is 0 Å². The maximum Gasteiger partial charge on any atom is 0.136 e. The zero-order valence-corrected chi connectivity index (χ0v) is 10.2. The number of rotatable bonds is 2. The molecule has 1 aliphatic carbocycles. The summed E-state index contributed by atoms with van der Waals surface area (Å²) in [6.07, 6.45) is 4.48. The molecule has 90 valence electrons.